The topological polar surface area (TPSA) is 63.6 Å². The van der Waals surface area contributed by atoms with E-state index in [4.69, 9.17) is 9.84 Å². The number of carbonyl (C=O) groups excluding carboxylic acids is 1. The summed E-state index contributed by atoms with van der Waals surface area (Å²) >= 11 is 0. The molecular weight excluding hydrogens is 251 g/mol. The first-order valence-electron chi connectivity index (χ1n) is 5.90. The summed E-state index contributed by atoms with van der Waals surface area (Å²) in [6.07, 6.45) is -0.504. The van der Waals surface area contributed by atoms with Gasteiger partial charge in [-0.25, -0.2) is 4.39 Å². The van der Waals surface area contributed by atoms with Crippen LogP contribution < -0.4 is 0 Å². The number of hydrogen-bond acceptors (Lipinski definition) is 3. The summed E-state index contributed by atoms with van der Waals surface area (Å²) in [5.74, 6) is -3.67. The minimum absolute atomic E-state index is 0.0409. The third-order valence-corrected chi connectivity index (χ3v) is 2.35. The Morgan fingerprint density at radius 2 is 1.89 bits per heavy atom. The molecule has 0 heterocycles. The van der Waals surface area contributed by atoms with Crippen LogP contribution in [-0.4, -0.2) is 22.6 Å². The molecule has 5 heteroatoms. The fourth-order valence-electron chi connectivity index (χ4n) is 1.63. The van der Waals surface area contributed by atoms with E-state index < -0.39 is 35.7 Å². The van der Waals surface area contributed by atoms with E-state index in [1.54, 1.807) is 26.8 Å². The molecule has 1 aromatic carbocycles. The molecule has 0 unspecified atom stereocenters. The first-order chi connectivity index (χ1) is 8.70. The molecule has 0 radical (unpaired) electrons. The number of ether oxygens (including phenoxy) is 1. The molecular formula is C14H17FO4. The summed E-state index contributed by atoms with van der Waals surface area (Å²) < 4.78 is 18.8. The van der Waals surface area contributed by atoms with Crippen molar-refractivity contribution in [3.05, 3.63) is 35.6 Å². The highest BCUT2D eigenvalue weighted by molar-refractivity contribution is 5.84. The Morgan fingerprint density at radius 3 is 2.37 bits per heavy atom. The van der Waals surface area contributed by atoms with Crippen LogP contribution in [0.25, 0.3) is 0 Å². The molecule has 1 aromatic rings. The van der Waals surface area contributed by atoms with Gasteiger partial charge in [-0.05, 0) is 26.8 Å². The van der Waals surface area contributed by atoms with Crippen molar-refractivity contribution >= 4 is 11.9 Å². The lowest BCUT2D eigenvalue weighted by Crippen LogP contribution is -2.29. The summed E-state index contributed by atoms with van der Waals surface area (Å²) in [4.78, 5) is 22.8. The van der Waals surface area contributed by atoms with Gasteiger partial charge < -0.3 is 9.84 Å². The van der Waals surface area contributed by atoms with E-state index in [1.807, 2.05) is 0 Å². The van der Waals surface area contributed by atoms with Crippen molar-refractivity contribution < 1.29 is 23.8 Å². The summed E-state index contributed by atoms with van der Waals surface area (Å²) in [5.41, 5.74) is -0.710. The molecule has 0 saturated heterocycles. The van der Waals surface area contributed by atoms with Gasteiger partial charge in [-0.3, -0.25) is 9.59 Å². The van der Waals surface area contributed by atoms with Gasteiger partial charge in [-0.15, -0.1) is 0 Å². The molecule has 1 N–H and O–H groups in total. The predicted octanol–water partition coefficient (Wildman–Crippen LogP) is 2.73. The number of rotatable bonds is 4. The van der Waals surface area contributed by atoms with Gasteiger partial charge in [0, 0.05) is 5.56 Å². The first kappa shape index (κ1) is 15.1. The van der Waals surface area contributed by atoms with Crippen LogP contribution >= 0.6 is 0 Å². The Hall–Kier alpha value is -1.91. The molecule has 0 fully saturated rings. The van der Waals surface area contributed by atoms with Crippen molar-refractivity contribution in [1.82, 2.24) is 0 Å². The molecule has 0 saturated carbocycles. The monoisotopic (exact) mass is 268 g/mol. The molecule has 0 aliphatic rings. The standard InChI is InChI=1S/C14H17FO4/c1-14(2,3)19-13(18)10(8-12(16)17)9-6-4-5-7-11(9)15/h4-7,10H,8H2,1-3H3,(H,16,17)/t10-/m1/s1. The van der Waals surface area contributed by atoms with Crippen LogP contribution in [0.4, 0.5) is 4.39 Å². The van der Waals surface area contributed by atoms with Gasteiger partial charge in [0.05, 0.1) is 12.3 Å². The minimum atomic E-state index is -1.18. The molecule has 104 valence electrons. The molecule has 0 spiro atoms. The van der Waals surface area contributed by atoms with E-state index in [9.17, 15) is 14.0 Å². The third-order valence-electron chi connectivity index (χ3n) is 2.35. The van der Waals surface area contributed by atoms with Crippen LogP contribution in [0.1, 0.15) is 38.7 Å². The highest BCUT2D eigenvalue weighted by Crippen LogP contribution is 2.26. The Balaban J connectivity index is 3.05. The predicted molar refractivity (Wildman–Crippen MR) is 67.2 cm³/mol. The molecule has 0 bridgehead atoms. The van der Waals surface area contributed by atoms with E-state index in [1.165, 1.54) is 18.2 Å². The van der Waals surface area contributed by atoms with E-state index in [2.05, 4.69) is 0 Å². The SMILES string of the molecule is CC(C)(C)OC(=O)[C@H](CC(=O)O)c1ccccc1F. The lowest BCUT2D eigenvalue weighted by Gasteiger charge is -2.23. The number of aliphatic carboxylic acids is 1. The largest absolute Gasteiger partial charge is 0.481 e. The molecule has 0 aromatic heterocycles. The van der Waals surface area contributed by atoms with Gasteiger partial charge in [0.15, 0.2) is 0 Å². The second kappa shape index (κ2) is 5.82. The van der Waals surface area contributed by atoms with Crippen LogP contribution in [-0.2, 0) is 14.3 Å². The number of carboxylic acids is 1. The zero-order chi connectivity index (χ0) is 14.6. The number of carboxylic acid groups (broad SMARTS) is 1. The number of hydrogen-bond donors (Lipinski definition) is 1. The van der Waals surface area contributed by atoms with Crippen LogP contribution in [0, 0.1) is 5.82 Å². The quantitative estimate of drug-likeness (QED) is 0.853. The molecule has 1 rings (SSSR count). The number of esters is 1. The first-order valence-corrected chi connectivity index (χ1v) is 5.90. The summed E-state index contributed by atoms with van der Waals surface area (Å²) in [6, 6.07) is 5.62. The van der Waals surface area contributed by atoms with Crippen molar-refractivity contribution in [3.63, 3.8) is 0 Å². The normalized spacial score (nSPS) is 12.8. The average molecular weight is 268 g/mol. The minimum Gasteiger partial charge on any atom is -0.481 e. The zero-order valence-corrected chi connectivity index (χ0v) is 11.1. The number of carbonyl (C=O) groups is 2. The van der Waals surface area contributed by atoms with E-state index in [-0.39, 0.29) is 5.56 Å². The van der Waals surface area contributed by atoms with E-state index in [0.717, 1.165) is 0 Å². The van der Waals surface area contributed by atoms with Crippen molar-refractivity contribution in [1.29, 1.82) is 0 Å². The summed E-state index contributed by atoms with van der Waals surface area (Å²) in [7, 11) is 0. The lowest BCUT2D eigenvalue weighted by molar-refractivity contribution is -0.159. The lowest BCUT2D eigenvalue weighted by atomic mass is 9.95. The molecule has 19 heavy (non-hydrogen) atoms. The summed E-state index contributed by atoms with van der Waals surface area (Å²) in [5, 5.41) is 8.85. The molecule has 0 amide bonds. The fraction of sp³-hybridized carbons (Fsp3) is 0.429. The van der Waals surface area contributed by atoms with Gasteiger partial charge in [-0.1, -0.05) is 18.2 Å². The second-order valence-corrected chi connectivity index (χ2v) is 5.21. The van der Waals surface area contributed by atoms with Gasteiger partial charge >= 0.3 is 11.9 Å². The van der Waals surface area contributed by atoms with Crippen molar-refractivity contribution in [3.8, 4) is 0 Å². The van der Waals surface area contributed by atoms with Gasteiger partial charge in [-0.2, -0.15) is 0 Å². The highest BCUT2D eigenvalue weighted by atomic mass is 19.1. The second-order valence-electron chi connectivity index (χ2n) is 5.21. The molecule has 0 aliphatic carbocycles. The third kappa shape index (κ3) is 4.69. The number of halogens is 1. The molecule has 0 aliphatic heterocycles. The maximum absolute atomic E-state index is 13.7. The van der Waals surface area contributed by atoms with Gasteiger partial charge in [0.2, 0.25) is 0 Å². The van der Waals surface area contributed by atoms with Gasteiger partial charge in [0.1, 0.15) is 11.4 Å². The Labute approximate surface area is 111 Å². The Kier molecular flexibility index (Phi) is 4.64. The summed E-state index contributed by atoms with van der Waals surface area (Å²) in [6.45, 7) is 5.01. The van der Waals surface area contributed by atoms with E-state index >= 15 is 0 Å². The average Bonchev–Trinajstić information content (AvgIpc) is 2.24. The number of benzene rings is 1. The zero-order valence-electron chi connectivity index (χ0n) is 11.1. The van der Waals surface area contributed by atoms with Crippen molar-refractivity contribution in [2.75, 3.05) is 0 Å². The molecule has 1 atom stereocenters. The highest BCUT2D eigenvalue weighted by Gasteiger charge is 2.30. The fourth-order valence-corrected chi connectivity index (χ4v) is 1.63. The van der Waals surface area contributed by atoms with Crippen LogP contribution in [0.15, 0.2) is 24.3 Å². The maximum atomic E-state index is 13.7. The van der Waals surface area contributed by atoms with Crippen LogP contribution in [0.5, 0.6) is 0 Å². The Bertz CT molecular complexity index is 477. The Morgan fingerprint density at radius 1 is 1.32 bits per heavy atom. The van der Waals surface area contributed by atoms with Crippen LogP contribution in [0.2, 0.25) is 0 Å². The smallest absolute Gasteiger partial charge is 0.314 e. The van der Waals surface area contributed by atoms with Crippen LogP contribution in [0.3, 0.4) is 0 Å². The van der Waals surface area contributed by atoms with Crippen molar-refractivity contribution in [2.45, 2.75) is 38.7 Å². The van der Waals surface area contributed by atoms with Gasteiger partial charge in [0.25, 0.3) is 0 Å². The molecule has 4 nitrogen and oxygen atoms in total. The van der Waals surface area contributed by atoms with Crippen molar-refractivity contribution in [2.24, 2.45) is 0 Å². The van der Waals surface area contributed by atoms with E-state index in [0.29, 0.717) is 0 Å². The maximum Gasteiger partial charge on any atom is 0.314 e.